The zero-order chi connectivity index (χ0) is 22.8. The topological polar surface area (TPSA) is 171 Å². The number of carbonyl (C=O) groups is 4. The van der Waals surface area contributed by atoms with Crippen LogP contribution in [0.15, 0.2) is 24.3 Å². The average molecular weight is 422 g/mol. The lowest BCUT2D eigenvalue weighted by atomic mass is 9.97. The summed E-state index contributed by atoms with van der Waals surface area (Å²) < 4.78 is 0. The normalized spacial score (nSPS) is 14.7. The van der Waals surface area contributed by atoms with Gasteiger partial charge in [0.25, 0.3) is 0 Å². The lowest BCUT2D eigenvalue weighted by molar-refractivity contribution is -0.139. The molecule has 0 aliphatic rings. The van der Waals surface area contributed by atoms with Crippen molar-refractivity contribution in [2.45, 2.75) is 51.7 Å². The number of aromatic hydroxyl groups is 1. The Bertz CT molecular complexity index is 750. The molecule has 1 aromatic rings. The minimum absolute atomic E-state index is 0.0614. The number of carboxylic acids is 1. The highest BCUT2D eigenvalue weighted by molar-refractivity contribution is 5.93. The maximum atomic E-state index is 12.9. The Hall–Kier alpha value is -3.14. The van der Waals surface area contributed by atoms with Crippen LogP contribution in [0.5, 0.6) is 5.75 Å². The van der Waals surface area contributed by atoms with Gasteiger partial charge < -0.3 is 31.9 Å². The molecule has 0 saturated heterocycles. The van der Waals surface area contributed by atoms with Crippen LogP contribution in [0.4, 0.5) is 0 Å². The largest absolute Gasteiger partial charge is 0.508 e. The molecule has 10 heteroatoms. The van der Waals surface area contributed by atoms with Gasteiger partial charge in [0, 0.05) is 6.42 Å². The third-order valence-corrected chi connectivity index (χ3v) is 4.63. The number of hydrogen-bond acceptors (Lipinski definition) is 6. The molecule has 0 saturated carbocycles. The summed E-state index contributed by atoms with van der Waals surface area (Å²) in [6, 6.07) is 3.30. The predicted molar refractivity (Wildman–Crippen MR) is 109 cm³/mol. The lowest BCUT2D eigenvalue weighted by Crippen LogP contribution is -2.57. The lowest BCUT2D eigenvalue weighted by Gasteiger charge is -2.26. The highest BCUT2D eigenvalue weighted by Crippen LogP contribution is 2.13. The van der Waals surface area contributed by atoms with E-state index < -0.39 is 48.4 Å². The molecule has 4 unspecified atom stereocenters. The molecule has 166 valence electrons. The smallest absolute Gasteiger partial charge is 0.322 e. The molecule has 0 aliphatic heterocycles. The van der Waals surface area contributed by atoms with Crippen LogP contribution in [0.1, 0.15) is 32.8 Å². The first-order valence-corrected chi connectivity index (χ1v) is 9.68. The maximum absolute atomic E-state index is 12.9. The first kappa shape index (κ1) is 24.9. The molecule has 3 amide bonds. The summed E-state index contributed by atoms with van der Waals surface area (Å²) >= 11 is 0. The van der Waals surface area contributed by atoms with Gasteiger partial charge in [-0.1, -0.05) is 32.4 Å². The van der Waals surface area contributed by atoms with Gasteiger partial charge in [-0.25, -0.2) is 0 Å². The van der Waals surface area contributed by atoms with Gasteiger partial charge in [-0.2, -0.15) is 0 Å². The van der Waals surface area contributed by atoms with Crippen LogP contribution in [-0.2, 0) is 25.6 Å². The second kappa shape index (κ2) is 11.8. The molecule has 0 aliphatic carbocycles. The zero-order valence-corrected chi connectivity index (χ0v) is 17.3. The van der Waals surface area contributed by atoms with E-state index in [4.69, 9.17) is 10.8 Å². The van der Waals surface area contributed by atoms with Crippen LogP contribution in [0.3, 0.4) is 0 Å². The predicted octanol–water partition coefficient (Wildman–Crippen LogP) is -0.502. The first-order chi connectivity index (χ1) is 14.0. The van der Waals surface area contributed by atoms with Crippen LogP contribution in [0.2, 0.25) is 0 Å². The van der Waals surface area contributed by atoms with Crippen LogP contribution < -0.4 is 21.7 Å². The van der Waals surface area contributed by atoms with Crippen molar-refractivity contribution in [2.24, 2.45) is 11.7 Å². The van der Waals surface area contributed by atoms with E-state index in [1.165, 1.54) is 19.1 Å². The summed E-state index contributed by atoms with van der Waals surface area (Å²) in [6.07, 6.45) is 0.662. The summed E-state index contributed by atoms with van der Waals surface area (Å²) in [5, 5.41) is 25.6. The Balaban J connectivity index is 3.02. The van der Waals surface area contributed by atoms with Crippen molar-refractivity contribution in [2.75, 3.05) is 6.54 Å². The van der Waals surface area contributed by atoms with Crippen LogP contribution >= 0.6 is 0 Å². The molecular formula is C20H30N4O6. The van der Waals surface area contributed by atoms with Gasteiger partial charge in [0.15, 0.2) is 0 Å². The summed E-state index contributed by atoms with van der Waals surface area (Å²) in [4.78, 5) is 48.2. The van der Waals surface area contributed by atoms with Crippen molar-refractivity contribution in [3.8, 4) is 5.75 Å². The second-order valence-corrected chi connectivity index (χ2v) is 7.20. The number of rotatable bonds is 11. The number of phenols is 1. The van der Waals surface area contributed by atoms with E-state index in [9.17, 15) is 24.3 Å². The fourth-order valence-electron chi connectivity index (χ4n) is 2.61. The van der Waals surface area contributed by atoms with Gasteiger partial charge in [-0.05, 0) is 30.5 Å². The number of nitrogens with two attached hydrogens (primary N) is 1. The molecule has 0 radical (unpaired) electrons. The summed E-state index contributed by atoms with van der Waals surface area (Å²) in [6.45, 7) is 4.49. The molecule has 0 bridgehead atoms. The number of carbonyl (C=O) groups excluding carboxylic acids is 3. The fourth-order valence-corrected chi connectivity index (χ4v) is 2.61. The van der Waals surface area contributed by atoms with E-state index in [1.807, 2.05) is 6.92 Å². The Kier molecular flexibility index (Phi) is 9.76. The quantitative estimate of drug-likeness (QED) is 0.279. The first-order valence-electron chi connectivity index (χ1n) is 9.68. The fraction of sp³-hybridized carbons (Fsp3) is 0.500. The summed E-state index contributed by atoms with van der Waals surface area (Å²) in [5.41, 5.74) is 6.26. The van der Waals surface area contributed by atoms with Gasteiger partial charge in [-0.15, -0.1) is 0 Å². The van der Waals surface area contributed by atoms with Gasteiger partial charge in [0.05, 0.1) is 6.04 Å². The Morgan fingerprint density at radius 3 is 2.10 bits per heavy atom. The van der Waals surface area contributed by atoms with Crippen molar-refractivity contribution in [1.29, 1.82) is 0 Å². The highest BCUT2D eigenvalue weighted by Gasteiger charge is 2.30. The van der Waals surface area contributed by atoms with Crippen LogP contribution in [-0.4, -0.2) is 58.6 Å². The standard InChI is InChI=1S/C20H30N4O6/c1-4-11(2)17(20(30)22-10-16(26)27)24-19(29)15(23-18(28)12(3)21)9-13-5-7-14(25)8-6-13/h5-8,11-12,15,17,25H,4,9-10,21H2,1-3H3,(H,22,30)(H,23,28)(H,24,29)(H,26,27). The second-order valence-electron chi connectivity index (χ2n) is 7.20. The van der Waals surface area contributed by atoms with Crippen molar-refractivity contribution in [3.63, 3.8) is 0 Å². The molecule has 0 fully saturated rings. The van der Waals surface area contributed by atoms with Crippen LogP contribution in [0, 0.1) is 5.92 Å². The van der Waals surface area contributed by atoms with Gasteiger partial charge in [-0.3, -0.25) is 19.2 Å². The Labute approximate surface area is 175 Å². The summed E-state index contributed by atoms with van der Waals surface area (Å²) in [5.74, 6) is -3.18. The molecule has 10 nitrogen and oxygen atoms in total. The molecule has 1 rings (SSSR count). The van der Waals surface area contributed by atoms with E-state index in [0.717, 1.165) is 0 Å². The minimum Gasteiger partial charge on any atom is -0.508 e. The number of nitrogens with one attached hydrogen (secondary N) is 3. The van der Waals surface area contributed by atoms with Crippen LogP contribution in [0.25, 0.3) is 0 Å². The minimum atomic E-state index is -1.20. The summed E-state index contributed by atoms with van der Waals surface area (Å²) in [7, 11) is 0. The van der Waals surface area contributed by atoms with Crippen molar-refractivity contribution in [1.82, 2.24) is 16.0 Å². The van der Waals surface area contributed by atoms with E-state index >= 15 is 0 Å². The number of phenolic OH excluding ortho intramolecular Hbond substituents is 1. The highest BCUT2D eigenvalue weighted by atomic mass is 16.4. The Morgan fingerprint density at radius 1 is 1.00 bits per heavy atom. The van der Waals surface area contributed by atoms with E-state index in [1.54, 1.807) is 19.1 Å². The number of benzene rings is 1. The van der Waals surface area contributed by atoms with Gasteiger partial charge in [0.1, 0.15) is 24.4 Å². The molecule has 30 heavy (non-hydrogen) atoms. The molecule has 0 spiro atoms. The number of carboxylic acid groups (broad SMARTS) is 1. The van der Waals surface area contributed by atoms with E-state index in [0.29, 0.717) is 12.0 Å². The van der Waals surface area contributed by atoms with Gasteiger partial charge in [0.2, 0.25) is 17.7 Å². The zero-order valence-electron chi connectivity index (χ0n) is 17.3. The van der Waals surface area contributed by atoms with Crippen molar-refractivity contribution >= 4 is 23.7 Å². The molecule has 0 heterocycles. The SMILES string of the molecule is CCC(C)C(NC(=O)C(Cc1ccc(O)cc1)NC(=O)C(C)N)C(=O)NCC(=O)O. The number of aliphatic carboxylic acids is 1. The maximum Gasteiger partial charge on any atom is 0.322 e. The molecule has 4 atom stereocenters. The van der Waals surface area contributed by atoms with E-state index in [-0.39, 0.29) is 18.1 Å². The van der Waals surface area contributed by atoms with Gasteiger partial charge >= 0.3 is 5.97 Å². The van der Waals surface area contributed by atoms with Crippen molar-refractivity contribution in [3.05, 3.63) is 29.8 Å². The number of amides is 3. The Morgan fingerprint density at radius 2 is 1.60 bits per heavy atom. The average Bonchev–Trinajstić information content (AvgIpc) is 2.70. The third-order valence-electron chi connectivity index (χ3n) is 4.63. The third kappa shape index (κ3) is 8.08. The van der Waals surface area contributed by atoms with E-state index in [2.05, 4.69) is 16.0 Å². The molecule has 7 N–H and O–H groups in total. The molecule has 0 aromatic heterocycles. The van der Waals surface area contributed by atoms with Crippen molar-refractivity contribution < 1.29 is 29.4 Å². The monoisotopic (exact) mass is 422 g/mol. The molecular weight excluding hydrogens is 392 g/mol. The molecule has 1 aromatic carbocycles. The number of hydrogen-bond donors (Lipinski definition) is 6.